The number of halogens is 2. The first-order chi connectivity index (χ1) is 12.4. The molecule has 1 aliphatic heterocycles. The monoisotopic (exact) mass is 376 g/mol. The smallest absolute Gasteiger partial charge is 0.323 e. The number of hydrogen-bond acceptors (Lipinski definition) is 5. The van der Waals surface area contributed by atoms with Crippen LogP contribution in [-0.2, 0) is 4.79 Å². The zero-order chi connectivity index (χ0) is 18.7. The van der Waals surface area contributed by atoms with E-state index in [1.807, 2.05) is 0 Å². The van der Waals surface area contributed by atoms with Gasteiger partial charge in [-0.2, -0.15) is 0 Å². The van der Waals surface area contributed by atoms with Crippen molar-refractivity contribution in [3.63, 3.8) is 0 Å². The molecule has 0 fully saturated rings. The van der Waals surface area contributed by atoms with E-state index in [2.05, 4.69) is 4.98 Å². The van der Waals surface area contributed by atoms with Crippen molar-refractivity contribution in [1.82, 2.24) is 9.88 Å². The Morgan fingerprint density at radius 2 is 2.08 bits per heavy atom. The molecule has 0 aliphatic carbocycles. The van der Waals surface area contributed by atoms with Gasteiger partial charge in [0.2, 0.25) is 0 Å². The normalized spacial score (nSPS) is 16.3. The van der Waals surface area contributed by atoms with Crippen LogP contribution in [0.25, 0.3) is 5.57 Å². The van der Waals surface area contributed by atoms with Gasteiger partial charge in [0, 0.05) is 18.0 Å². The van der Waals surface area contributed by atoms with E-state index < -0.39 is 18.0 Å². The number of ether oxygens (including phenoxy) is 1. The summed E-state index contributed by atoms with van der Waals surface area (Å²) in [5.74, 6) is -1.57. The topological polar surface area (TPSA) is 82.9 Å². The van der Waals surface area contributed by atoms with Gasteiger partial charge in [-0.1, -0.05) is 29.8 Å². The summed E-state index contributed by atoms with van der Waals surface area (Å²) in [4.78, 5) is 15.9. The van der Waals surface area contributed by atoms with Gasteiger partial charge in [0.25, 0.3) is 5.88 Å². The third-order valence-corrected chi connectivity index (χ3v) is 3.85. The zero-order valence-corrected chi connectivity index (χ0v) is 14.1. The van der Waals surface area contributed by atoms with Crippen molar-refractivity contribution in [1.29, 1.82) is 0 Å². The molecule has 1 aromatic heterocycles. The highest BCUT2D eigenvalue weighted by Gasteiger charge is 2.22. The minimum atomic E-state index is -1.08. The number of carbonyl (C=O) groups is 1. The number of carboxylic acid groups (broad SMARTS) is 1. The van der Waals surface area contributed by atoms with Gasteiger partial charge < -0.3 is 19.8 Å². The van der Waals surface area contributed by atoms with Gasteiger partial charge in [0.15, 0.2) is 12.0 Å². The third kappa shape index (κ3) is 4.01. The summed E-state index contributed by atoms with van der Waals surface area (Å²) in [6.45, 7) is -0.322. The number of hydrogen-bond donors (Lipinski definition) is 2. The van der Waals surface area contributed by atoms with Gasteiger partial charge in [0.05, 0.1) is 5.02 Å². The lowest BCUT2D eigenvalue weighted by Crippen LogP contribution is -2.36. The van der Waals surface area contributed by atoms with E-state index >= 15 is 0 Å². The lowest BCUT2D eigenvalue weighted by molar-refractivity contribution is -0.139. The van der Waals surface area contributed by atoms with Crippen LogP contribution in [0.3, 0.4) is 0 Å². The zero-order valence-electron chi connectivity index (χ0n) is 13.3. The van der Waals surface area contributed by atoms with Crippen LogP contribution >= 0.6 is 11.6 Å². The van der Waals surface area contributed by atoms with E-state index in [1.54, 1.807) is 36.4 Å². The van der Waals surface area contributed by atoms with Crippen LogP contribution in [0.15, 0.2) is 54.9 Å². The second-order valence-corrected chi connectivity index (χ2v) is 5.91. The predicted molar refractivity (Wildman–Crippen MR) is 93.2 cm³/mol. The molecule has 0 radical (unpaired) electrons. The summed E-state index contributed by atoms with van der Waals surface area (Å²) in [5.41, 5.74) is 1.21. The number of pyridine rings is 1. The maximum Gasteiger partial charge on any atom is 0.323 e. The lowest BCUT2D eigenvalue weighted by Gasteiger charge is -2.29. The molecule has 6 nitrogen and oxygen atoms in total. The van der Waals surface area contributed by atoms with Crippen molar-refractivity contribution in [2.24, 2.45) is 0 Å². The average Bonchev–Trinajstić information content (AvgIpc) is 2.60. The number of benzene rings is 1. The fourth-order valence-corrected chi connectivity index (χ4v) is 2.59. The number of nitrogens with zero attached hydrogens (tertiary/aromatic N) is 2. The summed E-state index contributed by atoms with van der Waals surface area (Å²) in [5, 5.41) is 19.4. The maximum atomic E-state index is 13.7. The fourth-order valence-electron chi connectivity index (χ4n) is 2.45. The van der Waals surface area contributed by atoms with Gasteiger partial charge in [-0.05, 0) is 29.8 Å². The van der Waals surface area contributed by atoms with Crippen LogP contribution in [0, 0.1) is 5.82 Å². The van der Waals surface area contributed by atoms with Crippen molar-refractivity contribution < 1.29 is 24.1 Å². The highest BCUT2D eigenvalue weighted by atomic mass is 35.5. The largest absolute Gasteiger partial charge is 0.480 e. The van der Waals surface area contributed by atoms with E-state index in [0.717, 1.165) is 6.07 Å². The molecule has 26 heavy (non-hydrogen) atoms. The molecule has 2 N–H and O–H groups in total. The Hall–Kier alpha value is -2.90. The summed E-state index contributed by atoms with van der Waals surface area (Å²) in [6.07, 6.45) is 5.05. The fraction of sp³-hybridized carbons (Fsp3) is 0.111. The molecule has 134 valence electrons. The van der Waals surface area contributed by atoms with Crippen molar-refractivity contribution in [3.05, 3.63) is 71.3 Å². The Balaban J connectivity index is 1.76. The SMILES string of the molecule is O=C(O)CN1C=CC=C(c2ccc(Oc3ncc(Cl)cc3F)cc2)C1O. The van der Waals surface area contributed by atoms with Crippen LogP contribution in [0.2, 0.25) is 5.02 Å². The van der Waals surface area contributed by atoms with Gasteiger partial charge in [0.1, 0.15) is 12.3 Å². The van der Waals surface area contributed by atoms with Gasteiger partial charge in [-0.15, -0.1) is 0 Å². The molecule has 1 aliphatic rings. The van der Waals surface area contributed by atoms with Crippen molar-refractivity contribution in [2.75, 3.05) is 6.54 Å². The van der Waals surface area contributed by atoms with Crippen LogP contribution in [-0.4, -0.2) is 38.8 Å². The standard InChI is InChI=1S/C18H14ClFN2O4/c19-12-8-15(20)17(21-9-12)26-13-5-3-11(4-6-13)14-2-1-7-22(18(14)25)10-16(23)24/h1-9,18,25H,10H2,(H,23,24). The Morgan fingerprint density at radius 1 is 1.35 bits per heavy atom. The van der Waals surface area contributed by atoms with Crippen molar-refractivity contribution in [2.45, 2.75) is 6.23 Å². The Bertz CT molecular complexity index is 883. The van der Waals surface area contributed by atoms with Crippen molar-refractivity contribution in [3.8, 4) is 11.6 Å². The minimum Gasteiger partial charge on any atom is -0.480 e. The molecule has 0 saturated heterocycles. The van der Waals surface area contributed by atoms with Gasteiger partial charge >= 0.3 is 5.97 Å². The molecule has 2 aromatic rings. The van der Waals surface area contributed by atoms with Gasteiger partial charge in [-0.25, -0.2) is 9.37 Å². The number of aromatic nitrogens is 1. The molecule has 3 rings (SSSR count). The summed E-state index contributed by atoms with van der Waals surface area (Å²) in [7, 11) is 0. The number of allylic oxidation sites excluding steroid dienone is 2. The predicted octanol–water partition coefficient (Wildman–Crippen LogP) is 3.28. The van der Waals surface area contributed by atoms with Crippen molar-refractivity contribution >= 4 is 23.1 Å². The molecule has 8 heteroatoms. The number of aliphatic carboxylic acids is 1. The molecular formula is C18H14ClFN2O4. The summed E-state index contributed by atoms with van der Waals surface area (Å²) < 4.78 is 19.1. The number of carboxylic acids is 1. The Morgan fingerprint density at radius 3 is 2.73 bits per heavy atom. The van der Waals surface area contributed by atoms with E-state index in [9.17, 15) is 14.3 Å². The van der Waals surface area contributed by atoms with Crippen LogP contribution in [0.4, 0.5) is 4.39 Å². The second-order valence-electron chi connectivity index (χ2n) is 5.47. The number of aliphatic hydroxyl groups is 1. The van der Waals surface area contributed by atoms with E-state index in [0.29, 0.717) is 16.9 Å². The first kappa shape index (κ1) is 17.9. The first-order valence-electron chi connectivity index (χ1n) is 7.57. The highest BCUT2D eigenvalue weighted by molar-refractivity contribution is 6.30. The molecule has 0 spiro atoms. The first-order valence-corrected chi connectivity index (χ1v) is 7.95. The number of aliphatic hydroxyl groups excluding tert-OH is 1. The average molecular weight is 377 g/mol. The van der Waals surface area contributed by atoms with E-state index in [1.165, 1.54) is 17.3 Å². The summed E-state index contributed by atoms with van der Waals surface area (Å²) in [6, 6.07) is 7.65. The molecule has 2 heterocycles. The molecule has 0 saturated carbocycles. The molecule has 0 bridgehead atoms. The Labute approximate surface area is 153 Å². The van der Waals surface area contributed by atoms with Crippen LogP contribution in [0.1, 0.15) is 5.56 Å². The third-order valence-electron chi connectivity index (χ3n) is 3.64. The van der Waals surface area contributed by atoms with E-state index in [-0.39, 0.29) is 17.4 Å². The number of rotatable bonds is 5. The highest BCUT2D eigenvalue weighted by Crippen LogP contribution is 2.28. The minimum absolute atomic E-state index is 0.169. The molecular weight excluding hydrogens is 363 g/mol. The quantitative estimate of drug-likeness (QED) is 0.833. The summed E-state index contributed by atoms with van der Waals surface area (Å²) >= 11 is 5.65. The van der Waals surface area contributed by atoms with Gasteiger partial charge in [-0.3, -0.25) is 4.79 Å². The lowest BCUT2D eigenvalue weighted by atomic mass is 10.0. The van der Waals surface area contributed by atoms with E-state index in [4.69, 9.17) is 21.4 Å². The molecule has 1 aromatic carbocycles. The molecule has 1 atom stereocenters. The molecule has 1 unspecified atom stereocenters. The second kappa shape index (κ2) is 7.55. The maximum absolute atomic E-state index is 13.7. The van der Waals surface area contributed by atoms with Crippen LogP contribution in [0.5, 0.6) is 11.6 Å². The van der Waals surface area contributed by atoms with Crippen LogP contribution < -0.4 is 4.74 Å². The molecule has 0 amide bonds. The Kier molecular flexibility index (Phi) is 5.20.